The van der Waals surface area contributed by atoms with Crippen LogP contribution in [0.2, 0.25) is 0 Å². The standard InChI is InChI=1S/C15H12ClFN2OS/c16-9-15(20)19-13(14-2-1-7-21-14)8-12(18-19)10-3-5-11(17)6-4-10/h1-7,13H,8-9H2. The van der Waals surface area contributed by atoms with Crippen molar-refractivity contribution < 1.29 is 9.18 Å². The van der Waals surface area contributed by atoms with Crippen molar-refractivity contribution in [1.82, 2.24) is 5.01 Å². The molecule has 1 atom stereocenters. The largest absolute Gasteiger partial charge is 0.272 e. The number of alkyl halides is 1. The lowest BCUT2D eigenvalue weighted by Crippen LogP contribution is -2.27. The molecule has 0 N–H and O–H groups in total. The fourth-order valence-corrected chi connectivity index (χ4v) is 3.25. The number of nitrogens with zero attached hydrogens (tertiary/aromatic N) is 2. The summed E-state index contributed by atoms with van der Waals surface area (Å²) in [6.07, 6.45) is 0.606. The van der Waals surface area contributed by atoms with Gasteiger partial charge in [-0.2, -0.15) is 5.10 Å². The first-order valence-electron chi connectivity index (χ1n) is 6.44. The summed E-state index contributed by atoms with van der Waals surface area (Å²) < 4.78 is 13.0. The van der Waals surface area contributed by atoms with Crippen LogP contribution in [0.3, 0.4) is 0 Å². The third-order valence-corrected chi connectivity index (χ3v) is 4.53. The average Bonchev–Trinajstić information content (AvgIpc) is 3.16. The van der Waals surface area contributed by atoms with Crippen LogP contribution in [0.4, 0.5) is 4.39 Å². The van der Waals surface area contributed by atoms with E-state index in [1.807, 2.05) is 17.5 Å². The molecule has 0 saturated heterocycles. The maximum absolute atomic E-state index is 13.0. The van der Waals surface area contributed by atoms with Crippen molar-refractivity contribution in [2.75, 3.05) is 5.88 Å². The predicted octanol–water partition coefficient (Wildman–Crippen LogP) is 3.80. The molecule has 1 aliphatic rings. The van der Waals surface area contributed by atoms with Gasteiger partial charge in [-0.25, -0.2) is 9.40 Å². The van der Waals surface area contributed by atoms with Crippen molar-refractivity contribution in [1.29, 1.82) is 0 Å². The van der Waals surface area contributed by atoms with Crippen molar-refractivity contribution in [2.24, 2.45) is 5.10 Å². The molecule has 1 aromatic heterocycles. The zero-order valence-electron chi connectivity index (χ0n) is 11.0. The molecular formula is C15H12ClFN2OS. The lowest BCUT2D eigenvalue weighted by atomic mass is 10.0. The van der Waals surface area contributed by atoms with Crippen LogP contribution in [0, 0.1) is 5.82 Å². The first-order chi connectivity index (χ1) is 10.2. The van der Waals surface area contributed by atoms with E-state index < -0.39 is 0 Å². The van der Waals surface area contributed by atoms with Gasteiger partial charge in [-0.1, -0.05) is 18.2 Å². The minimum atomic E-state index is -0.291. The lowest BCUT2D eigenvalue weighted by molar-refractivity contribution is -0.130. The van der Waals surface area contributed by atoms with Crippen LogP contribution < -0.4 is 0 Å². The van der Waals surface area contributed by atoms with Crippen LogP contribution in [0.15, 0.2) is 46.9 Å². The molecule has 21 heavy (non-hydrogen) atoms. The maximum Gasteiger partial charge on any atom is 0.258 e. The molecule has 6 heteroatoms. The summed E-state index contributed by atoms with van der Waals surface area (Å²) >= 11 is 7.25. The minimum absolute atomic E-state index is 0.109. The van der Waals surface area contributed by atoms with Gasteiger partial charge >= 0.3 is 0 Å². The molecule has 2 heterocycles. The Morgan fingerprint density at radius 3 is 2.76 bits per heavy atom. The zero-order chi connectivity index (χ0) is 14.8. The van der Waals surface area contributed by atoms with Gasteiger partial charge < -0.3 is 0 Å². The lowest BCUT2D eigenvalue weighted by Gasteiger charge is -2.19. The van der Waals surface area contributed by atoms with Gasteiger partial charge in [0, 0.05) is 11.3 Å². The summed E-state index contributed by atoms with van der Waals surface area (Å²) in [6, 6.07) is 9.93. The molecule has 0 aliphatic carbocycles. The molecule has 108 valence electrons. The number of carbonyl (C=O) groups is 1. The monoisotopic (exact) mass is 322 g/mol. The highest BCUT2D eigenvalue weighted by Crippen LogP contribution is 2.35. The molecule has 0 radical (unpaired) electrons. The van der Waals surface area contributed by atoms with E-state index in [0.29, 0.717) is 6.42 Å². The Balaban J connectivity index is 1.93. The van der Waals surface area contributed by atoms with Gasteiger partial charge in [-0.05, 0) is 29.1 Å². The minimum Gasteiger partial charge on any atom is -0.272 e. The number of hydrogen-bond donors (Lipinski definition) is 0. The fraction of sp³-hybridized carbons (Fsp3) is 0.200. The highest BCUT2D eigenvalue weighted by atomic mass is 35.5. The number of amides is 1. The summed E-state index contributed by atoms with van der Waals surface area (Å²) in [7, 11) is 0. The Kier molecular flexibility index (Phi) is 4.03. The molecule has 0 saturated carbocycles. The Labute approximate surface area is 130 Å². The van der Waals surface area contributed by atoms with E-state index in [0.717, 1.165) is 16.2 Å². The molecular weight excluding hydrogens is 311 g/mol. The molecule has 3 rings (SSSR count). The van der Waals surface area contributed by atoms with E-state index in [2.05, 4.69) is 5.10 Å². The van der Waals surface area contributed by atoms with Crippen molar-refractivity contribution in [3.63, 3.8) is 0 Å². The number of hydrogen-bond acceptors (Lipinski definition) is 3. The third kappa shape index (κ3) is 2.84. The van der Waals surface area contributed by atoms with Crippen LogP contribution in [0.5, 0.6) is 0 Å². The van der Waals surface area contributed by atoms with Crippen LogP contribution in [-0.2, 0) is 4.79 Å². The van der Waals surface area contributed by atoms with Crippen LogP contribution in [-0.4, -0.2) is 22.5 Å². The predicted molar refractivity (Wildman–Crippen MR) is 82.2 cm³/mol. The van der Waals surface area contributed by atoms with Crippen molar-refractivity contribution in [3.05, 3.63) is 58.0 Å². The number of carbonyl (C=O) groups excluding carboxylic acids is 1. The molecule has 2 aromatic rings. The average molecular weight is 323 g/mol. The summed E-state index contributed by atoms with van der Waals surface area (Å²) in [5, 5.41) is 7.81. The van der Waals surface area contributed by atoms with E-state index >= 15 is 0 Å². The summed E-state index contributed by atoms with van der Waals surface area (Å²) in [5.41, 5.74) is 1.59. The molecule has 0 bridgehead atoms. The fourth-order valence-electron chi connectivity index (χ4n) is 2.32. The second-order valence-electron chi connectivity index (χ2n) is 4.66. The zero-order valence-corrected chi connectivity index (χ0v) is 12.6. The van der Waals surface area contributed by atoms with Crippen LogP contribution in [0.25, 0.3) is 0 Å². The number of halogens is 2. The van der Waals surface area contributed by atoms with Gasteiger partial charge in [-0.15, -0.1) is 22.9 Å². The Morgan fingerprint density at radius 1 is 1.38 bits per heavy atom. The highest BCUT2D eigenvalue weighted by Gasteiger charge is 2.33. The molecule has 0 spiro atoms. The Bertz CT molecular complexity index is 669. The van der Waals surface area contributed by atoms with Crippen LogP contribution >= 0.6 is 22.9 Å². The van der Waals surface area contributed by atoms with E-state index in [1.165, 1.54) is 17.1 Å². The van der Waals surface area contributed by atoms with Crippen LogP contribution in [0.1, 0.15) is 22.9 Å². The second kappa shape index (κ2) is 5.95. The highest BCUT2D eigenvalue weighted by molar-refractivity contribution is 7.10. The van der Waals surface area contributed by atoms with E-state index in [1.54, 1.807) is 23.5 Å². The maximum atomic E-state index is 13.0. The van der Waals surface area contributed by atoms with E-state index in [-0.39, 0.29) is 23.6 Å². The molecule has 1 aliphatic heterocycles. The van der Waals surface area contributed by atoms with E-state index in [4.69, 9.17) is 11.6 Å². The second-order valence-corrected chi connectivity index (χ2v) is 5.91. The smallest absolute Gasteiger partial charge is 0.258 e. The summed E-state index contributed by atoms with van der Waals surface area (Å²) in [5.74, 6) is -0.629. The van der Waals surface area contributed by atoms with E-state index in [9.17, 15) is 9.18 Å². The van der Waals surface area contributed by atoms with Gasteiger partial charge in [0.2, 0.25) is 0 Å². The summed E-state index contributed by atoms with van der Waals surface area (Å²) in [4.78, 5) is 13.0. The number of rotatable bonds is 3. The Hall–Kier alpha value is -1.72. The number of thiophene rings is 1. The van der Waals surface area contributed by atoms with Crippen molar-refractivity contribution in [3.8, 4) is 0 Å². The first kappa shape index (κ1) is 14.2. The van der Waals surface area contributed by atoms with Gasteiger partial charge in [0.15, 0.2) is 0 Å². The molecule has 1 amide bonds. The SMILES string of the molecule is O=C(CCl)N1N=C(c2ccc(F)cc2)CC1c1cccs1. The quantitative estimate of drug-likeness (QED) is 0.791. The number of hydrazone groups is 1. The molecule has 0 fully saturated rings. The van der Waals surface area contributed by atoms with Gasteiger partial charge in [0.05, 0.1) is 11.8 Å². The molecule has 1 unspecified atom stereocenters. The third-order valence-electron chi connectivity index (χ3n) is 3.33. The van der Waals surface area contributed by atoms with Crippen molar-refractivity contribution >= 4 is 34.6 Å². The van der Waals surface area contributed by atoms with Gasteiger partial charge in [0.1, 0.15) is 11.7 Å². The molecule has 3 nitrogen and oxygen atoms in total. The Morgan fingerprint density at radius 2 is 2.14 bits per heavy atom. The van der Waals surface area contributed by atoms with Crippen molar-refractivity contribution in [2.45, 2.75) is 12.5 Å². The van der Waals surface area contributed by atoms with Gasteiger partial charge in [0.25, 0.3) is 5.91 Å². The topological polar surface area (TPSA) is 32.7 Å². The normalized spacial score (nSPS) is 17.9. The first-order valence-corrected chi connectivity index (χ1v) is 7.85. The molecule has 1 aromatic carbocycles. The number of benzene rings is 1. The van der Waals surface area contributed by atoms with Gasteiger partial charge in [-0.3, -0.25) is 4.79 Å². The summed E-state index contributed by atoms with van der Waals surface area (Å²) in [6.45, 7) is 0.